The summed E-state index contributed by atoms with van der Waals surface area (Å²) in [5.74, 6) is -0.357. The molecule has 0 N–H and O–H groups in total. The van der Waals surface area contributed by atoms with E-state index in [1.54, 1.807) is 11.8 Å². The lowest BCUT2D eigenvalue weighted by Crippen LogP contribution is -2.44. The summed E-state index contributed by atoms with van der Waals surface area (Å²) in [5.41, 5.74) is -0.972. The molecule has 1 aromatic rings. The van der Waals surface area contributed by atoms with Crippen LogP contribution < -0.4 is 0 Å². The molecular weight excluding hydrogens is 369 g/mol. The summed E-state index contributed by atoms with van der Waals surface area (Å²) in [7, 11) is 0. The molecule has 1 aromatic carbocycles. The molecule has 0 aromatic heterocycles. The minimum Gasteiger partial charge on any atom is -0.342 e. The number of amides is 2. The van der Waals surface area contributed by atoms with Crippen molar-refractivity contribution in [3.63, 3.8) is 0 Å². The first kappa shape index (κ1) is 19.0. The van der Waals surface area contributed by atoms with Gasteiger partial charge in [-0.3, -0.25) is 9.59 Å². The summed E-state index contributed by atoms with van der Waals surface area (Å²) in [6.45, 7) is 3.94. The second-order valence-electron chi connectivity index (χ2n) is 7.18. The predicted octanol–water partition coefficient (Wildman–Crippen LogP) is 3.83. The van der Waals surface area contributed by atoms with Crippen LogP contribution in [0.25, 0.3) is 0 Å². The molecule has 0 unspecified atom stereocenters. The number of alkyl halides is 3. The molecule has 26 heavy (non-hydrogen) atoms. The number of piperidine rings is 1. The number of likely N-dealkylation sites (tertiary alicyclic amines) is 2. The second-order valence-corrected chi connectivity index (χ2v) is 7.58. The first-order valence-electron chi connectivity index (χ1n) is 8.53. The summed E-state index contributed by atoms with van der Waals surface area (Å²) in [6.07, 6.45) is -2.18. The maximum atomic E-state index is 13.0. The number of benzene rings is 1. The zero-order valence-corrected chi connectivity index (χ0v) is 15.2. The predicted molar refractivity (Wildman–Crippen MR) is 90.9 cm³/mol. The van der Waals surface area contributed by atoms with Gasteiger partial charge in [0.15, 0.2) is 0 Å². The number of hydrogen-bond donors (Lipinski definition) is 0. The standard InChI is InChI=1S/C18H20ClF3N2O2/c1-12(25)24-9-6-17(11-24)4-7-23(8-5-17)16(26)13-2-3-15(19)14(10-13)18(20,21)22/h2-3,10H,4-9,11H2,1H3. The lowest BCUT2D eigenvalue weighted by molar-refractivity contribution is -0.137. The van der Waals surface area contributed by atoms with Gasteiger partial charge in [0.25, 0.3) is 5.91 Å². The molecule has 142 valence electrons. The summed E-state index contributed by atoms with van der Waals surface area (Å²) < 4.78 is 39.0. The summed E-state index contributed by atoms with van der Waals surface area (Å²) in [6, 6.07) is 3.27. The highest BCUT2D eigenvalue weighted by Gasteiger charge is 2.42. The minimum atomic E-state index is -4.60. The molecule has 2 fully saturated rings. The zero-order valence-electron chi connectivity index (χ0n) is 14.4. The Morgan fingerprint density at radius 1 is 1.08 bits per heavy atom. The van der Waals surface area contributed by atoms with Crippen molar-refractivity contribution in [2.75, 3.05) is 26.2 Å². The molecule has 0 saturated carbocycles. The maximum absolute atomic E-state index is 13.0. The summed E-state index contributed by atoms with van der Waals surface area (Å²) in [5, 5.41) is -0.415. The van der Waals surface area contributed by atoms with Gasteiger partial charge in [0, 0.05) is 38.7 Å². The SMILES string of the molecule is CC(=O)N1CCC2(CCN(C(=O)c3ccc(Cl)c(C(F)(F)F)c3)CC2)C1. The molecule has 4 nitrogen and oxygen atoms in total. The van der Waals surface area contributed by atoms with Gasteiger partial charge in [0.2, 0.25) is 5.91 Å². The van der Waals surface area contributed by atoms with Gasteiger partial charge in [0.05, 0.1) is 10.6 Å². The fourth-order valence-corrected chi connectivity index (χ4v) is 4.08. The number of nitrogens with zero attached hydrogens (tertiary/aromatic N) is 2. The molecule has 8 heteroatoms. The van der Waals surface area contributed by atoms with E-state index >= 15 is 0 Å². The molecule has 2 aliphatic heterocycles. The number of rotatable bonds is 1. The van der Waals surface area contributed by atoms with Gasteiger partial charge in [-0.1, -0.05) is 11.6 Å². The van der Waals surface area contributed by atoms with Crippen LogP contribution in [0.5, 0.6) is 0 Å². The third kappa shape index (κ3) is 3.68. The maximum Gasteiger partial charge on any atom is 0.417 e. The van der Waals surface area contributed by atoms with Gasteiger partial charge < -0.3 is 9.80 Å². The highest BCUT2D eigenvalue weighted by Crippen LogP contribution is 2.41. The van der Waals surface area contributed by atoms with Gasteiger partial charge in [-0.15, -0.1) is 0 Å². The highest BCUT2D eigenvalue weighted by atomic mass is 35.5. The Hall–Kier alpha value is -1.76. The molecule has 0 bridgehead atoms. The molecule has 2 heterocycles. The highest BCUT2D eigenvalue weighted by molar-refractivity contribution is 6.31. The van der Waals surface area contributed by atoms with Crippen LogP contribution >= 0.6 is 11.6 Å². The average molecular weight is 389 g/mol. The molecular formula is C18H20ClF3N2O2. The Labute approximate surface area is 154 Å². The van der Waals surface area contributed by atoms with Crippen molar-refractivity contribution < 1.29 is 22.8 Å². The van der Waals surface area contributed by atoms with Gasteiger partial charge in [-0.25, -0.2) is 0 Å². The number of carbonyl (C=O) groups excluding carboxylic acids is 2. The Balaban J connectivity index is 1.69. The number of halogens is 4. The van der Waals surface area contributed by atoms with E-state index in [1.807, 2.05) is 4.90 Å². The van der Waals surface area contributed by atoms with E-state index in [4.69, 9.17) is 11.6 Å². The topological polar surface area (TPSA) is 40.6 Å². The van der Waals surface area contributed by atoms with Crippen LogP contribution in [0, 0.1) is 5.41 Å². The van der Waals surface area contributed by atoms with Crippen molar-refractivity contribution in [1.29, 1.82) is 0 Å². The van der Waals surface area contributed by atoms with Crippen LogP contribution in [0.15, 0.2) is 18.2 Å². The number of carbonyl (C=O) groups is 2. The van der Waals surface area contributed by atoms with E-state index in [1.165, 1.54) is 6.07 Å². The van der Waals surface area contributed by atoms with Crippen molar-refractivity contribution in [2.45, 2.75) is 32.4 Å². The van der Waals surface area contributed by atoms with Gasteiger partial charge >= 0.3 is 6.18 Å². The van der Waals surface area contributed by atoms with Gasteiger partial charge in [-0.2, -0.15) is 13.2 Å². The minimum absolute atomic E-state index is 0.00513. The summed E-state index contributed by atoms with van der Waals surface area (Å²) in [4.78, 5) is 27.6. The van der Waals surface area contributed by atoms with Crippen molar-refractivity contribution >= 4 is 23.4 Å². The molecule has 1 spiro atoms. The smallest absolute Gasteiger partial charge is 0.342 e. The molecule has 2 amide bonds. The van der Waals surface area contributed by atoms with Crippen molar-refractivity contribution in [1.82, 2.24) is 9.80 Å². The van der Waals surface area contributed by atoms with Crippen molar-refractivity contribution in [3.05, 3.63) is 34.3 Å². The Kier molecular flexibility index (Phi) is 4.94. The lowest BCUT2D eigenvalue weighted by Gasteiger charge is -2.39. The van der Waals surface area contributed by atoms with Crippen molar-refractivity contribution in [3.8, 4) is 0 Å². The van der Waals surface area contributed by atoms with Crippen LogP contribution in [-0.2, 0) is 11.0 Å². The quantitative estimate of drug-likeness (QED) is 0.733. The third-order valence-electron chi connectivity index (χ3n) is 5.51. The van der Waals surface area contributed by atoms with Gasteiger partial charge in [-0.05, 0) is 42.9 Å². The van der Waals surface area contributed by atoms with E-state index in [9.17, 15) is 22.8 Å². The first-order chi connectivity index (χ1) is 12.1. The second kappa shape index (κ2) is 6.76. The van der Waals surface area contributed by atoms with E-state index < -0.39 is 22.7 Å². The molecule has 0 aliphatic carbocycles. The molecule has 3 rings (SSSR count). The Morgan fingerprint density at radius 2 is 1.65 bits per heavy atom. The van der Waals surface area contributed by atoms with Crippen molar-refractivity contribution in [2.24, 2.45) is 5.41 Å². The van der Waals surface area contributed by atoms with Crippen LogP contribution in [0.1, 0.15) is 42.1 Å². The summed E-state index contributed by atoms with van der Waals surface area (Å²) >= 11 is 5.62. The van der Waals surface area contributed by atoms with Gasteiger partial charge in [0.1, 0.15) is 0 Å². The van der Waals surface area contributed by atoms with Crippen LogP contribution in [0.2, 0.25) is 5.02 Å². The third-order valence-corrected chi connectivity index (χ3v) is 5.84. The fraction of sp³-hybridized carbons (Fsp3) is 0.556. The van der Waals surface area contributed by atoms with E-state index in [0.29, 0.717) is 19.6 Å². The molecule has 0 atom stereocenters. The normalized spacial score (nSPS) is 19.9. The van der Waals surface area contributed by atoms with E-state index in [0.717, 1.165) is 37.9 Å². The lowest BCUT2D eigenvalue weighted by atomic mass is 9.77. The fourth-order valence-electron chi connectivity index (χ4n) is 3.85. The van der Waals surface area contributed by atoms with E-state index in [-0.39, 0.29) is 16.9 Å². The first-order valence-corrected chi connectivity index (χ1v) is 8.91. The monoisotopic (exact) mass is 388 g/mol. The molecule has 2 saturated heterocycles. The molecule has 0 radical (unpaired) electrons. The van der Waals surface area contributed by atoms with Crippen LogP contribution in [0.4, 0.5) is 13.2 Å². The number of hydrogen-bond acceptors (Lipinski definition) is 2. The van der Waals surface area contributed by atoms with Crippen LogP contribution in [0.3, 0.4) is 0 Å². The average Bonchev–Trinajstić information content (AvgIpc) is 2.98. The zero-order chi connectivity index (χ0) is 19.1. The largest absolute Gasteiger partial charge is 0.417 e. The Bertz CT molecular complexity index is 728. The van der Waals surface area contributed by atoms with Crippen LogP contribution in [-0.4, -0.2) is 47.8 Å². The Morgan fingerprint density at radius 3 is 2.15 bits per heavy atom. The van der Waals surface area contributed by atoms with E-state index in [2.05, 4.69) is 0 Å². The molecule has 2 aliphatic rings.